The topological polar surface area (TPSA) is 72.8 Å². The summed E-state index contributed by atoms with van der Waals surface area (Å²) in [4.78, 5) is 26.4. The first-order valence-electron chi connectivity index (χ1n) is 13.6. The number of ether oxygens (including phenoxy) is 2. The number of nitrogens with zero attached hydrogens (tertiary/aromatic N) is 1. The molecule has 1 aromatic rings. The molecule has 0 aliphatic heterocycles. The summed E-state index contributed by atoms with van der Waals surface area (Å²) >= 11 is 0. The highest BCUT2D eigenvalue weighted by molar-refractivity contribution is 5.81. The van der Waals surface area contributed by atoms with E-state index >= 15 is 0 Å². The molecule has 0 heterocycles. The van der Waals surface area contributed by atoms with Crippen LogP contribution in [0.5, 0.6) is 0 Å². The lowest BCUT2D eigenvalue weighted by Crippen LogP contribution is -2.52. The van der Waals surface area contributed by atoms with E-state index < -0.39 is 11.6 Å². The average Bonchev–Trinajstić information content (AvgIpc) is 3.37. The Bertz CT molecular complexity index is 887. The maximum atomic E-state index is 13.2. The highest BCUT2D eigenvalue weighted by Gasteiger charge is 2.55. The maximum absolute atomic E-state index is 13.2. The quantitative estimate of drug-likeness (QED) is 0.320. The number of quaternary nitrogens is 1. The summed E-state index contributed by atoms with van der Waals surface area (Å²) in [6.45, 7) is 0.946. The Morgan fingerprint density at radius 2 is 1.54 bits per heavy atom. The van der Waals surface area contributed by atoms with E-state index in [2.05, 4.69) is 0 Å². The van der Waals surface area contributed by atoms with E-state index in [0.29, 0.717) is 34.3 Å². The molecule has 4 bridgehead atoms. The molecule has 0 unspecified atom stereocenters. The van der Waals surface area contributed by atoms with Crippen molar-refractivity contribution in [1.29, 1.82) is 0 Å². The second kappa shape index (κ2) is 9.51. The standard InChI is InChI=1S/C29H42NO5/c1-30(2,20-35-26(31)28-17-21-14-22(18-28)16-23(15-21)19-28)12-13-34-27(32)29(33,25-10-6-7-11-25)24-8-4-3-5-9-24/h3-5,8-9,21-23,25,33H,6-7,10-20H2,1-2H3/q+1/t21?,22?,23?,28?,29-/m0/s1. The SMILES string of the molecule is C[N+](C)(CCOC(=O)[C@](O)(c1ccccc1)C1CCCC1)COC(=O)C12CC3CC(CC(C3)C1)C2. The molecule has 0 radical (unpaired) electrons. The first-order valence-corrected chi connectivity index (χ1v) is 13.6. The molecular weight excluding hydrogens is 442 g/mol. The van der Waals surface area contributed by atoms with Crippen LogP contribution in [0.4, 0.5) is 0 Å². The van der Waals surface area contributed by atoms with Crippen LogP contribution < -0.4 is 0 Å². The number of hydrogen-bond donors (Lipinski definition) is 1. The molecule has 1 N–H and O–H groups in total. The minimum absolute atomic E-state index is 0.0144. The van der Waals surface area contributed by atoms with Crippen LogP contribution in [-0.4, -0.2) is 55.5 Å². The molecule has 0 saturated heterocycles. The molecule has 5 aliphatic rings. The van der Waals surface area contributed by atoms with Gasteiger partial charge in [-0.1, -0.05) is 43.2 Å². The van der Waals surface area contributed by atoms with Gasteiger partial charge in [0.15, 0.2) is 5.60 Å². The Morgan fingerprint density at radius 1 is 0.971 bits per heavy atom. The number of aliphatic hydroxyl groups is 1. The van der Waals surface area contributed by atoms with Crippen LogP contribution in [-0.2, 0) is 24.7 Å². The van der Waals surface area contributed by atoms with Crippen molar-refractivity contribution in [1.82, 2.24) is 0 Å². The Hall–Kier alpha value is -1.92. The Kier molecular flexibility index (Phi) is 6.73. The summed E-state index contributed by atoms with van der Waals surface area (Å²) in [6, 6.07) is 9.20. The number of esters is 2. The van der Waals surface area contributed by atoms with E-state index in [0.717, 1.165) is 44.9 Å². The first kappa shape index (κ1) is 24.8. The number of carbonyl (C=O) groups is 2. The van der Waals surface area contributed by atoms with Gasteiger partial charge in [-0.3, -0.25) is 9.28 Å². The van der Waals surface area contributed by atoms with Crippen LogP contribution in [0.2, 0.25) is 0 Å². The van der Waals surface area contributed by atoms with Gasteiger partial charge in [0.2, 0.25) is 6.73 Å². The van der Waals surface area contributed by atoms with Crippen molar-refractivity contribution in [3.05, 3.63) is 35.9 Å². The number of carbonyl (C=O) groups excluding carboxylic acids is 2. The van der Waals surface area contributed by atoms with Gasteiger partial charge in [0, 0.05) is 5.92 Å². The fourth-order valence-corrected chi connectivity index (χ4v) is 7.86. The highest BCUT2D eigenvalue weighted by Crippen LogP contribution is 2.60. The molecule has 6 rings (SSSR count). The van der Waals surface area contributed by atoms with E-state index in [1.807, 2.05) is 44.4 Å². The smallest absolute Gasteiger partial charge is 0.343 e. The van der Waals surface area contributed by atoms with Crippen molar-refractivity contribution < 1.29 is 28.7 Å². The zero-order chi connectivity index (χ0) is 24.7. The lowest BCUT2D eigenvalue weighted by Gasteiger charge is -2.55. The van der Waals surface area contributed by atoms with E-state index in [1.165, 1.54) is 19.3 Å². The molecule has 5 saturated carbocycles. The molecular formula is C29H42NO5+. The summed E-state index contributed by atoms with van der Waals surface area (Å²) in [5.74, 6) is 1.42. The van der Waals surface area contributed by atoms with Gasteiger partial charge in [0.05, 0.1) is 19.5 Å². The molecule has 5 fully saturated rings. The molecule has 0 amide bonds. The Balaban J connectivity index is 1.15. The van der Waals surface area contributed by atoms with Crippen LogP contribution in [0.3, 0.4) is 0 Å². The van der Waals surface area contributed by atoms with Gasteiger partial charge < -0.3 is 14.6 Å². The predicted molar refractivity (Wildman–Crippen MR) is 132 cm³/mol. The first-order chi connectivity index (χ1) is 16.7. The van der Waals surface area contributed by atoms with Crippen molar-refractivity contribution in [2.45, 2.75) is 69.8 Å². The molecule has 0 spiro atoms. The monoisotopic (exact) mass is 484 g/mol. The summed E-state index contributed by atoms with van der Waals surface area (Å²) in [7, 11) is 3.97. The van der Waals surface area contributed by atoms with Crippen molar-refractivity contribution in [2.24, 2.45) is 29.1 Å². The third-order valence-corrected chi connectivity index (χ3v) is 9.42. The normalized spacial score (nSPS) is 31.8. The van der Waals surface area contributed by atoms with Crippen molar-refractivity contribution in [2.75, 3.05) is 34.0 Å². The number of hydrogen-bond acceptors (Lipinski definition) is 5. The summed E-state index contributed by atoms with van der Waals surface area (Å²) < 4.78 is 12.0. The minimum atomic E-state index is -1.61. The Labute approximate surface area is 209 Å². The van der Waals surface area contributed by atoms with Crippen LogP contribution in [0.15, 0.2) is 30.3 Å². The molecule has 192 valence electrons. The number of likely N-dealkylation sites (N-methyl/N-ethyl adjacent to an activating group) is 1. The number of benzene rings is 1. The predicted octanol–water partition coefficient (Wildman–Crippen LogP) is 4.40. The van der Waals surface area contributed by atoms with Crippen LogP contribution >= 0.6 is 0 Å². The zero-order valence-corrected chi connectivity index (χ0v) is 21.4. The zero-order valence-electron chi connectivity index (χ0n) is 21.4. The van der Waals surface area contributed by atoms with Crippen molar-refractivity contribution >= 4 is 11.9 Å². The van der Waals surface area contributed by atoms with Gasteiger partial charge in [0.1, 0.15) is 13.2 Å². The van der Waals surface area contributed by atoms with E-state index in [4.69, 9.17) is 9.47 Å². The van der Waals surface area contributed by atoms with E-state index in [9.17, 15) is 14.7 Å². The fourth-order valence-electron chi connectivity index (χ4n) is 7.86. The van der Waals surface area contributed by atoms with Crippen LogP contribution in [0.25, 0.3) is 0 Å². The van der Waals surface area contributed by atoms with Gasteiger partial charge in [-0.2, -0.15) is 0 Å². The van der Waals surface area contributed by atoms with Gasteiger partial charge in [-0.15, -0.1) is 0 Å². The van der Waals surface area contributed by atoms with Gasteiger partial charge in [0.25, 0.3) is 0 Å². The third-order valence-electron chi connectivity index (χ3n) is 9.42. The average molecular weight is 485 g/mol. The molecule has 1 atom stereocenters. The minimum Gasteiger partial charge on any atom is -0.457 e. The second-order valence-electron chi connectivity index (χ2n) is 12.7. The van der Waals surface area contributed by atoms with E-state index in [-0.39, 0.29) is 30.6 Å². The molecule has 0 aromatic heterocycles. The third kappa shape index (κ3) is 4.89. The van der Waals surface area contributed by atoms with Crippen molar-refractivity contribution in [3.63, 3.8) is 0 Å². The molecule has 6 nitrogen and oxygen atoms in total. The summed E-state index contributed by atoms with van der Waals surface area (Å²) in [6.07, 6.45) is 10.6. The van der Waals surface area contributed by atoms with Crippen LogP contribution in [0.1, 0.15) is 69.8 Å². The Morgan fingerprint density at radius 3 is 2.11 bits per heavy atom. The van der Waals surface area contributed by atoms with Gasteiger partial charge in [-0.05, 0) is 74.7 Å². The lowest BCUT2D eigenvalue weighted by molar-refractivity contribution is -0.907. The van der Waals surface area contributed by atoms with Gasteiger partial charge >= 0.3 is 11.9 Å². The number of rotatable bonds is 9. The summed E-state index contributed by atoms with van der Waals surface area (Å²) in [5.41, 5.74) is -1.26. The van der Waals surface area contributed by atoms with E-state index in [1.54, 1.807) is 0 Å². The molecule has 1 aromatic carbocycles. The van der Waals surface area contributed by atoms with Crippen molar-refractivity contribution in [3.8, 4) is 0 Å². The van der Waals surface area contributed by atoms with Gasteiger partial charge in [-0.25, -0.2) is 4.79 Å². The maximum Gasteiger partial charge on any atom is 0.343 e. The highest BCUT2D eigenvalue weighted by atomic mass is 16.6. The largest absolute Gasteiger partial charge is 0.457 e. The molecule has 6 heteroatoms. The fraction of sp³-hybridized carbons (Fsp3) is 0.724. The summed E-state index contributed by atoms with van der Waals surface area (Å²) in [5, 5.41) is 11.6. The second-order valence-corrected chi connectivity index (χ2v) is 12.7. The van der Waals surface area contributed by atoms with Crippen LogP contribution in [0, 0.1) is 29.1 Å². The molecule has 5 aliphatic carbocycles. The molecule has 35 heavy (non-hydrogen) atoms. The lowest BCUT2D eigenvalue weighted by atomic mass is 9.49.